The molecule has 122 valence electrons. The number of aromatic nitrogens is 2. The molecule has 0 aliphatic carbocycles. The number of hydrogen-bond donors (Lipinski definition) is 1. The van der Waals surface area contributed by atoms with E-state index in [0.29, 0.717) is 16.4 Å². The first kappa shape index (κ1) is 15.9. The van der Waals surface area contributed by atoms with Crippen LogP contribution in [-0.4, -0.2) is 27.1 Å². The normalized spacial score (nSPS) is 11.2. The number of esters is 1. The Morgan fingerprint density at radius 3 is 2.92 bits per heavy atom. The molecule has 0 spiro atoms. The third-order valence-corrected chi connectivity index (χ3v) is 3.34. The van der Waals surface area contributed by atoms with Crippen molar-refractivity contribution in [1.29, 1.82) is 0 Å². The molecule has 8 heteroatoms. The summed E-state index contributed by atoms with van der Waals surface area (Å²) < 4.78 is 6.57. The number of azo groups is 1. The monoisotopic (exact) mass is 344 g/mol. The molecule has 0 amide bonds. The molecule has 0 aliphatic heterocycles. The number of rotatable bonds is 4. The lowest BCUT2D eigenvalue weighted by atomic mass is 10.3. The maximum Gasteiger partial charge on any atom is 0.360 e. The van der Waals surface area contributed by atoms with E-state index in [-0.39, 0.29) is 23.9 Å². The van der Waals surface area contributed by atoms with Gasteiger partial charge in [0.2, 0.25) is 0 Å². The molecule has 24 heavy (non-hydrogen) atoms. The van der Waals surface area contributed by atoms with E-state index in [1.54, 1.807) is 41.8 Å². The van der Waals surface area contributed by atoms with Crippen molar-refractivity contribution in [3.63, 3.8) is 0 Å². The van der Waals surface area contributed by atoms with Gasteiger partial charge in [-0.25, -0.2) is 9.78 Å². The third kappa shape index (κ3) is 3.21. The number of carbonyl (C=O) groups is 1. The lowest BCUT2D eigenvalue weighted by molar-refractivity contribution is 0.0521. The van der Waals surface area contributed by atoms with E-state index in [9.17, 15) is 9.90 Å². The van der Waals surface area contributed by atoms with Gasteiger partial charge in [0.1, 0.15) is 11.4 Å². The number of fused-ring (bicyclic) bond motifs is 1. The molecule has 0 saturated heterocycles. The molecule has 1 N–H and O–H groups in total. The average Bonchev–Trinajstić information content (AvgIpc) is 2.91. The minimum atomic E-state index is -0.595. The maximum absolute atomic E-state index is 12.1. The van der Waals surface area contributed by atoms with Crippen LogP contribution < -0.4 is 0 Å². The zero-order chi connectivity index (χ0) is 17.1. The van der Waals surface area contributed by atoms with Crippen molar-refractivity contribution < 1.29 is 14.6 Å². The summed E-state index contributed by atoms with van der Waals surface area (Å²) in [5.74, 6) is -0.324. The first-order valence-corrected chi connectivity index (χ1v) is 7.52. The van der Waals surface area contributed by atoms with Gasteiger partial charge in [-0.1, -0.05) is 17.7 Å². The Hall–Kier alpha value is -2.93. The molecule has 0 fully saturated rings. The molecule has 2 aromatic heterocycles. The van der Waals surface area contributed by atoms with E-state index in [4.69, 9.17) is 16.3 Å². The van der Waals surface area contributed by atoms with Gasteiger partial charge in [0.15, 0.2) is 11.5 Å². The summed E-state index contributed by atoms with van der Waals surface area (Å²) in [5.41, 5.74) is 0.970. The summed E-state index contributed by atoms with van der Waals surface area (Å²) in [5, 5.41) is 18.1. The molecule has 7 nitrogen and oxygen atoms in total. The van der Waals surface area contributed by atoms with Crippen molar-refractivity contribution >= 4 is 34.7 Å². The smallest absolute Gasteiger partial charge is 0.360 e. The fourth-order valence-corrected chi connectivity index (χ4v) is 2.26. The van der Waals surface area contributed by atoms with E-state index in [1.807, 2.05) is 0 Å². The Morgan fingerprint density at radius 1 is 1.33 bits per heavy atom. The van der Waals surface area contributed by atoms with E-state index < -0.39 is 5.97 Å². The lowest BCUT2D eigenvalue weighted by Crippen LogP contribution is -2.05. The Balaban J connectivity index is 2.11. The second kappa shape index (κ2) is 6.67. The Morgan fingerprint density at radius 2 is 2.17 bits per heavy atom. The summed E-state index contributed by atoms with van der Waals surface area (Å²) in [6, 6.07) is 9.61. The van der Waals surface area contributed by atoms with Crippen LogP contribution in [0, 0.1) is 0 Å². The number of imidazole rings is 1. The number of pyridine rings is 1. The Kier molecular flexibility index (Phi) is 4.43. The molecule has 3 rings (SSSR count). The standard InChI is InChI=1S/C16H13ClN4O3/c1-2-24-16(23)14-15(20-19-11-4-3-5-12(22)8-11)21-9-10(17)6-7-13(21)18-14/h3-9,22H,2H2,1H3. The predicted molar refractivity (Wildman–Crippen MR) is 88.4 cm³/mol. The van der Waals surface area contributed by atoms with E-state index >= 15 is 0 Å². The fraction of sp³-hybridized carbons (Fsp3) is 0.125. The van der Waals surface area contributed by atoms with Crippen LogP contribution in [0.25, 0.3) is 5.65 Å². The van der Waals surface area contributed by atoms with Crippen LogP contribution in [-0.2, 0) is 4.74 Å². The van der Waals surface area contributed by atoms with Gasteiger partial charge >= 0.3 is 5.97 Å². The molecule has 0 radical (unpaired) electrons. The number of phenolic OH excluding ortho intramolecular Hbond substituents is 1. The van der Waals surface area contributed by atoms with Gasteiger partial charge in [-0.3, -0.25) is 4.40 Å². The summed E-state index contributed by atoms with van der Waals surface area (Å²) in [6.45, 7) is 1.93. The molecule has 0 bridgehead atoms. The van der Waals surface area contributed by atoms with Crippen LogP contribution >= 0.6 is 11.6 Å². The molecule has 0 aliphatic rings. The van der Waals surface area contributed by atoms with Crippen LogP contribution in [0.3, 0.4) is 0 Å². The van der Waals surface area contributed by atoms with Crippen molar-refractivity contribution in [2.75, 3.05) is 6.61 Å². The van der Waals surface area contributed by atoms with Crippen molar-refractivity contribution in [3.05, 3.63) is 53.3 Å². The van der Waals surface area contributed by atoms with Crippen LogP contribution in [0.15, 0.2) is 52.8 Å². The number of carbonyl (C=O) groups excluding carboxylic acids is 1. The first-order valence-electron chi connectivity index (χ1n) is 7.14. The van der Waals surface area contributed by atoms with Crippen molar-refractivity contribution in [2.45, 2.75) is 6.92 Å². The molecule has 3 aromatic rings. The van der Waals surface area contributed by atoms with Gasteiger partial charge in [0.05, 0.1) is 17.3 Å². The van der Waals surface area contributed by atoms with Crippen LogP contribution in [0.2, 0.25) is 5.02 Å². The van der Waals surface area contributed by atoms with Crippen LogP contribution in [0.5, 0.6) is 5.75 Å². The van der Waals surface area contributed by atoms with E-state index in [1.165, 1.54) is 12.1 Å². The SMILES string of the molecule is CCOC(=O)c1nc2ccc(Cl)cn2c1N=Nc1cccc(O)c1. The number of benzene rings is 1. The second-order valence-electron chi connectivity index (χ2n) is 4.80. The summed E-state index contributed by atoms with van der Waals surface area (Å²) in [7, 11) is 0. The van der Waals surface area contributed by atoms with Crippen molar-refractivity contribution in [3.8, 4) is 5.75 Å². The van der Waals surface area contributed by atoms with E-state index in [2.05, 4.69) is 15.2 Å². The molecule has 2 heterocycles. The largest absolute Gasteiger partial charge is 0.508 e. The highest BCUT2D eigenvalue weighted by Crippen LogP contribution is 2.27. The maximum atomic E-state index is 12.1. The van der Waals surface area contributed by atoms with Crippen molar-refractivity contribution in [1.82, 2.24) is 9.38 Å². The molecular formula is C16H13ClN4O3. The topological polar surface area (TPSA) is 88.5 Å². The highest BCUT2D eigenvalue weighted by molar-refractivity contribution is 6.30. The minimum Gasteiger partial charge on any atom is -0.508 e. The lowest BCUT2D eigenvalue weighted by Gasteiger charge is -2.00. The average molecular weight is 345 g/mol. The highest BCUT2D eigenvalue weighted by Gasteiger charge is 2.20. The second-order valence-corrected chi connectivity index (χ2v) is 5.24. The molecule has 1 aromatic carbocycles. The molecule has 0 saturated carbocycles. The van der Waals surface area contributed by atoms with Gasteiger partial charge in [0, 0.05) is 12.3 Å². The zero-order valence-electron chi connectivity index (χ0n) is 12.7. The Labute approximate surface area is 142 Å². The minimum absolute atomic E-state index is 0.0445. The van der Waals surface area contributed by atoms with Crippen molar-refractivity contribution in [2.24, 2.45) is 10.2 Å². The molecular weight excluding hydrogens is 332 g/mol. The number of hydrogen-bond acceptors (Lipinski definition) is 6. The summed E-state index contributed by atoms with van der Waals surface area (Å²) in [6.07, 6.45) is 1.59. The van der Waals surface area contributed by atoms with E-state index in [0.717, 1.165) is 0 Å². The summed E-state index contributed by atoms with van der Waals surface area (Å²) >= 11 is 6.01. The summed E-state index contributed by atoms with van der Waals surface area (Å²) in [4.78, 5) is 16.3. The van der Waals surface area contributed by atoms with Gasteiger partial charge < -0.3 is 9.84 Å². The zero-order valence-corrected chi connectivity index (χ0v) is 13.4. The number of ether oxygens (including phenoxy) is 1. The van der Waals surface area contributed by atoms with Crippen LogP contribution in [0.4, 0.5) is 11.5 Å². The Bertz CT molecular complexity index is 936. The molecule has 0 unspecified atom stereocenters. The number of halogens is 1. The van der Waals surface area contributed by atoms with Crippen LogP contribution in [0.1, 0.15) is 17.4 Å². The predicted octanol–water partition coefficient (Wildman–Crippen LogP) is 4.29. The van der Waals surface area contributed by atoms with Gasteiger partial charge in [-0.05, 0) is 31.2 Å². The van der Waals surface area contributed by atoms with Gasteiger partial charge in [0.25, 0.3) is 0 Å². The quantitative estimate of drug-likeness (QED) is 0.565. The van der Waals surface area contributed by atoms with Gasteiger partial charge in [-0.15, -0.1) is 10.2 Å². The van der Waals surface area contributed by atoms with Gasteiger partial charge in [-0.2, -0.15) is 0 Å². The number of aromatic hydroxyl groups is 1. The number of phenols is 1. The first-order chi connectivity index (χ1) is 11.6. The number of nitrogens with zero attached hydrogens (tertiary/aromatic N) is 4. The molecule has 0 atom stereocenters. The highest BCUT2D eigenvalue weighted by atomic mass is 35.5. The fourth-order valence-electron chi connectivity index (χ4n) is 2.10. The third-order valence-electron chi connectivity index (χ3n) is 3.12.